The summed E-state index contributed by atoms with van der Waals surface area (Å²) in [5, 5.41) is 11.3. The zero-order valence-corrected chi connectivity index (χ0v) is 17.2. The van der Waals surface area contributed by atoms with E-state index < -0.39 is 29.6 Å². The lowest BCUT2D eigenvalue weighted by molar-refractivity contribution is -0.178. The van der Waals surface area contributed by atoms with Crippen LogP contribution in [0.3, 0.4) is 0 Å². The van der Waals surface area contributed by atoms with Gasteiger partial charge in [-0.1, -0.05) is 45.4 Å². The van der Waals surface area contributed by atoms with E-state index >= 15 is 0 Å². The molecule has 9 heteroatoms. The Morgan fingerprint density at radius 1 is 1.19 bits per heavy atom. The molecule has 2 atom stereocenters. The number of benzene rings is 1. The van der Waals surface area contributed by atoms with Crippen LogP contribution in [0.25, 0.3) is 0 Å². The second-order valence-corrected chi connectivity index (χ2v) is 8.10. The second-order valence-electron chi connectivity index (χ2n) is 6.39. The van der Waals surface area contributed by atoms with E-state index in [2.05, 4.69) is 5.32 Å². The van der Waals surface area contributed by atoms with Crippen LogP contribution in [0, 0.1) is 11.8 Å². The minimum atomic E-state index is -1.09. The zero-order chi connectivity index (χ0) is 20.6. The molecule has 0 unspecified atom stereocenters. The number of carbonyl (C=O) groups is 3. The number of rotatable bonds is 9. The first-order valence-electron chi connectivity index (χ1n) is 8.40. The van der Waals surface area contributed by atoms with Gasteiger partial charge in [0.1, 0.15) is 5.25 Å². The highest BCUT2D eigenvalue weighted by molar-refractivity contribution is 8.00. The lowest BCUT2D eigenvalue weighted by Crippen LogP contribution is -2.39. The van der Waals surface area contributed by atoms with Gasteiger partial charge in [0.05, 0.1) is 5.92 Å². The molecule has 0 saturated carbocycles. The Hall–Kier alpha value is -1.93. The number of esters is 1. The Kier molecular flexibility index (Phi) is 9.45. The summed E-state index contributed by atoms with van der Waals surface area (Å²) in [4.78, 5) is 35.8. The largest absolute Gasteiger partial charge is 0.480 e. The van der Waals surface area contributed by atoms with Gasteiger partial charge in [0, 0.05) is 22.4 Å². The van der Waals surface area contributed by atoms with Gasteiger partial charge >= 0.3 is 18.0 Å². The molecule has 0 heterocycles. The van der Waals surface area contributed by atoms with Gasteiger partial charge in [0.15, 0.2) is 0 Å². The minimum Gasteiger partial charge on any atom is -0.480 e. The van der Waals surface area contributed by atoms with Crippen LogP contribution in [-0.4, -0.2) is 41.2 Å². The quantitative estimate of drug-likeness (QED) is 0.358. The van der Waals surface area contributed by atoms with Gasteiger partial charge < -0.3 is 19.9 Å². The molecule has 27 heavy (non-hydrogen) atoms. The van der Waals surface area contributed by atoms with E-state index in [-0.39, 0.29) is 18.4 Å². The normalized spacial score (nSPS) is 13.1. The summed E-state index contributed by atoms with van der Waals surface area (Å²) < 4.78 is 10.3. The van der Waals surface area contributed by atoms with Crippen LogP contribution in [0.5, 0.6) is 0 Å². The summed E-state index contributed by atoms with van der Waals surface area (Å²) in [6.45, 7) is 6.64. The molecule has 0 aliphatic heterocycles. The predicted octanol–water partition coefficient (Wildman–Crippen LogP) is 3.79. The van der Waals surface area contributed by atoms with E-state index in [0.717, 1.165) is 11.8 Å². The van der Waals surface area contributed by atoms with Gasteiger partial charge in [-0.05, 0) is 18.2 Å². The molecule has 0 spiro atoms. The summed E-state index contributed by atoms with van der Waals surface area (Å²) in [5.74, 6) is -2.19. The Balaban J connectivity index is 2.62. The van der Waals surface area contributed by atoms with Crippen molar-refractivity contribution >= 4 is 41.4 Å². The SMILES string of the molecule is CC(C)C(=O)O[C@H](OC(=O)NC[C@H](Sc1cccc(Cl)c1)C(=O)O)C(C)C. The number of thioether (sulfide) groups is 1. The molecule has 0 aromatic heterocycles. The Labute approximate surface area is 167 Å². The van der Waals surface area contributed by atoms with Crippen LogP contribution in [0.4, 0.5) is 4.79 Å². The molecule has 1 amide bonds. The molecule has 0 radical (unpaired) electrons. The molecule has 0 aliphatic carbocycles. The van der Waals surface area contributed by atoms with Crippen LogP contribution < -0.4 is 5.32 Å². The molecular weight excluding hydrogens is 394 g/mol. The van der Waals surface area contributed by atoms with Crippen molar-refractivity contribution < 1.29 is 29.0 Å². The third-order valence-electron chi connectivity index (χ3n) is 3.25. The van der Waals surface area contributed by atoms with Gasteiger partial charge in [-0.2, -0.15) is 0 Å². The van der Waals surface area contributed by atoms with Crippen molar-refractivity contribution in [1.29, 1.82) is 0 Å². The first-order valence-corrected chi connectivity index (χ1v) is 9.66. The van der Waals surface area contributed by atoms with Crippen molar-refractivity contribution in [1.82, 2.24) is 5.32 Å². The number of ether oxygens (including phenoxy) is 2. The van der Waals surface area contributed by atoms with E-state index in [0.29, 0.717) is 9.92 Å². The summed E-state index contributed by atoms with van der Waals surface area (Å²) in [6, 6.07) is 6.76. The maximum atomic E-state index is 12.0. The van der Waals surface area contributed by atoms with Crippen LogP contribution in [0.15, 0.2) is 29.2 Å². The van der Waals surface area contributed by atoms with E-state index in [9.17, 15) is 19.5 Å². The second kappa shape index (κ2) is 11.0. The van der Waals surface area contributed by atoms with Crippen LogP contribution in [0.2, 0.25) is 5.02 Å². The topological polar surface area (TPSA) is 102 Å². The molecular formula is C18H24ClNO6S. The monoisotopic (exact) mass is 417 g/mol. The number of amides is 1. The van der Waals surface area contributed by atoms with Crippen molar-refractivity contribution in [3.05, 3.63) is 29.3 Å². The van der Waals surface area contributed by atoms with Crippen molar-refractivity contribution in [3.63, 3.8) is 0 Å². The fourth-order valence-electron chi connectivity index (χ4n) is 1.75. The highest BCUT2D eigenvalue weighted by atomic mass is 35.5. The average molecular weight is 418 g/mol. The molecule has 2 N–H and O–H groups in total. The van der Waals surface area contributed by atoms with Crippen molar-refractivity contribution in [2.45, 2.75) is 44.1 Å². The third kappa shape index (κ3) is 8.53. The number of aliphatic carboxylic acids is 1. The Morgan fingerprint density at radius 3 is 2.37 bits per heavy atom. The molecule has 0 aliphatic rings. The molecule has 1 aromatic carbocycles. The third-order valence-corrected chi connectivity index (χ3v) is 4.67. The van der Waals surface area contributed by atoms with Gasteiger partial charge in [0.25, 0.3) is 6.29 Å². The zero-order valence-electron chi connectivity index (χ0n) is 15.6. The fraction of sp³-hybridized carbons (Fsp3) is 0.500. The highest BCUT2D eigenvalue weighted by Gasteiger charge is 2.25. The van der Waals surface area contributed by atoms with Crippen LogP contribution >= 0.6 is 23.4 Å². The fourth-order valence-corrected chi connectivity index (χ4v) is 2.96. The maximum absolute atomic E-state index is 12.0. The number of carboxylic acids is 1. The smallest absolute Gasteiger partial charge is 0.410 e. The van der Waals surface area contributed by atoms with Gasteiger partial charge in [-0.25, -0.2) is 4.79 Å². The number of carboxylic acid groups (broad SMARTS) is 1. The summed E-state index contributed by atoms with van der Waals surface area (Å²) in [6.07, 6.45) is -1.91. The lowest BCUT2D eigenvalue weighted by Gasteiger charge is -2.23. The number of carbonyl (C=O) groups excluding carboxylic acids is 2. The van der Waals surface area contributed by atoms with Gasteiger partial charge in [0.2, 0.25) is 0 Å². The van der Waals surface area contributed by atoms with Gasteiger partial charge in [-0.15, -0.1) is 11.8 Å². The molecule has 0 bridgehead atoms. The number of alkyl carbamates (subject to hydrolysis) is 1. The minimum absolute atomic E-state index is 0.172. The number of hydrogen-bond acceptors (Lipinski definition) is 6. The highest BCUT2D eigenvalue weighted by Crippen LogP contribution is 2.25. The van der Waals surface area contributed by atoms with Crippen molar-refractivity contribution in [2.75, 3.05) is 6.54 Å². The summed E-state index contributed by atoms with van der Waals surface area (Å²) in [5.41, 5.74) is 0. The first kappa shape index (κ1) is 23.1. The number of hydrogen-bond donors (Lipinski definition) is 2. The Bertz CT molecular complexity index is 667. The molecule has 0 saturated heterocycles. The number of nitrogens with one attached hydrogen (secondary N) is 1. The van der Waals surface area contributed by atoms with E-state index in [1.165, 1.54) is 0 Å². The lowest BCUT2D eigenvalue weighted by atomic mass is 10.2. The van der Waals surface area contributed by atoms with E-state index in [4.69, 9.17) is 21.1 Å². The molecule has 0 fully saturated rings. The van der Waals surface area contributed by atoms with E-state index in [1.807, 2.05) is 0 Å². The first-order chi connectivity index (χ1) is 12.6. The van der Waals surface area contributed by atoms with Gasteiger partial charge in [-0.3, -0.25) is 9.59 Å². The van der Waals surface area contributed by atoms with Crippen molar-refractivity contribution in [3.8, 4) is 0 Å². The van der Waals surface area contributed by atoms with Crippen LogP contribution in [-0.2, 0) is 19.1 Å². The number of halogens is 1. The molecule has 1 aromatic rings. The average Bonchev–Trinajstić information content (AvgIpc) is 2.57. The standard InChI is InChI=1S/C18H24ClNO6S/c1-10(2)16(23)25-17(11(3)4)26-18(24)20-9-14(15(21)22)27-13-7-5-6-12(19)8-13/h5-8,10-11,14,17H,9H2,1-4H3,(H,20,24)(H,21,22)/t14-,17+/m0/s1. The predicted molar refractivity (Wildman–Crippen MR) is 103 cm³/mol. The summed E-state index contributed by atoms with van der Waals surface area (Å²) in [7, 11) is 0. The summed E-state index contributed by atoms with van der Waals surface area (Å²) >= 11 is 6.95. The molecule has 7 nitrogen and oxygen atoms in total. The molecule has 150 valence electrons. The van der Waals surface area contributed by atoms with Crippen LogP contribution in [0.1, 0.15) is 27.7 Å². The molecule has 1 rings (SSSR count). The maximum Gasteiger partial charge on any atom is 0.410 e. The van der Waals surface area contributed by atoms with Crippen molar-refractivity contribution in [2.24, 2.45) is 11.8 Å². The van der Waals surface area contributed by atoms with E-state index in [1.54, 1.807) is 52.0 Å². The Morgan fingerprint density at radius 2 is 1.85 bits per heavy atom.